The van der Waals surface area contributed by atoms with Crippen LogP contribution < -0.4 is 14.8 Å². The van der Waals surface area contributed by atoms with Gasteiger partial charge in [-0.25, -0.2) is 14.4 Å². The van der Waals surface area contributed by atoms with Crippen molar-refractivity contribution < 1.29 is 13.9 Å². The monoisotopic (exact) mass is 441 g/mol. The van der Waals surface area contributed by atoms with Gasteiger partial charge in [-0.2, -0.15) is 4.98 Å². The van der Waals surface area contributed by atoms with Crippen LogP contribution in [0.25, 0.3) is 0 Å². The second-order valence-corrected chi connectivity index (χ2v) is 7.60. The van der Waals surface area contributed by atoms with Crippen molar-refractivity contribution in [3.8, 4) is 17.4 Å². The predicted octanol–water partition coefficient (Wildman–Crippen LogP) is 5.20. The molecule has 31 heavy (non-hydrogen) atoms. The van der Waals surface area contributed by atoms with Crippen LogP contribution in [0.3, 0.4) is 0 Å². The topological polar surface area (TPSA) is 71.9 Å². The molecule has 3 aromatic rings. The molecule has 9 heteroatoms. The maximum atomic E-state index is 13.4. The number of fused-ring (bicyclic) bond motifs is 2. The van der Waals surface area contributed by atoms with Crippen LogP contribution in [0.1, 0.15) is 12.0 Å². The van der Waals surface area contributed by atoms with Gasteiger partial charge in [0.05, 0.1) is 11.6 Å². The zero-order valence-corrected chi connectivity index (χ0v) is 17.9. The molecule has 1 N–H and O–H groups in total. The maximum Gasteiger partial charge on any atom is 0.250 e. The first kappa shape index (κ1) is 21.0. The Morgan fingerprint density at radius 2 is 2.03 bits per heavy atom. The molecule has 0 amide bonds. The van der Waals surface area contributed by atoms with Gasteiger partial charge in [-0.15, -0.1) is 0 Å². The van der Waals surface area contributed by atoms with E-state index < -0.39 is 5.82 Å². The van der Waals surface area contributed by atoms with Crippen molar-refractivity contribution in [1.82, 2.24) is 14.9 Å². The van der Waals surface area contributed by atoms with Crippen molar-refractivity contribution in [3.63, 3.8) is 0 Å². The Kier molecular flexibility index (Phi) is 6.29. The van der Waals surface area contributed by atoms with Crippen molar-refractivity contribution in [2.75, 3.05) is 32.6 Å². The minimum atomic E-state index is -0.495. The molecule has 2 heterocycles. The minimum absolute atomic E-state index is 0.00964. The molecule has 0 unspecified atom stereocenters. The Balaban J connectivity index is 1.54. The third kappa shape index (κ3) is 5.10. The molecule has 1 aromatic heterocycles. The van der Waals surface area contributed by atoms with E-state index in [1.165, 1.54) is 18.5 Å². The number of anilines is 2. The third-order valence-electron chi connectivity index (χ3n) is 4.51. The summed E-state index contributed by atoms with van der Waals surface area (Å²) in [7, 11) is 4.06. The second kappa shape index (κ2) is 9.28. The summed E-state index contributed by atoms with van der Waals surface area (Å²) in [4.78, 5) is 15.1. The van der Waals surface area contributed by atoms with Crippen LogP contribution in [0.4, 0.5) is 21.6 Å². The number of hydrogen-bond acceptors (Lipinski definition) is 7. The number of nitrogens with zero attached hydrogens (tertiary/aromatic N) is 4. The fourth-order valence-electron chi connectivity index (χ4n) is 2.96. The minimum Gasteiger partial charge on any atom is -0.493 e. The number of rotatable bonds is 7. The Hall–Kier alpha value is -3.23. The molecule has 0 aliphatic carbocycles. The lowest BCUT2D eigenvalue weighted by Crippen LogP contribution is -2.15. The summed E-state index contributed by atoms with van der Waals surface area (Å²) in [6.45, 7) is 1.56. The van der Waals surface area contributed by atoms with Crippen LogP contribution in [0, 0.1) is 5.82 Å². The fourth-order valence-corrected chi connectivity index (χ4v) is 3.14. The highest BCUT2D eigenvalue weighted by molar-refractivity contribution is 6.31. The predicted molar refractivity (Wildman–Crippen MR) is 119 cm³/mol. The van der Waals surface area contributed by atoms with Gasteiger partial charge in [0, 0.05) is 30.1 Å². The van der Waals surface area contributed by atoms with Gasteiger partial charge in [-0.1, -0.05) is 11.6 Å². The number of ether oxygens (including phenoxy) is 2. The van der Waals surface area contributed by atoms with Gasteiger partial charge in [-0.05, 0) is 50.8 Å². The first-order valence-corrected chi connectivity index (χ1v) is 10.1. The van der Waals surface area contributed by atoms with Gasteiger partial charge < -0.3 is 19.7 Å². The molecular formula is C22H21ClFN5O2. The highest BCUT2D eigenvalue weighted by atomic mass is 35.5. The molecule has 1 aliphatic rings. The van der Waals surface area contributed by atoms with Crippen molar-refractivity contribution >= 4 is 35.0 Å². The average Bonchev–Trinajstić information content (AvgIpc) is 2.93. The Morgan fingerprint density at radius 3 is 2.84 bits per heavy atom. The van der Waals surface area contributed by atoms with E-state index in [0.29, 0.717) is 41.2 Å². The van der Waals surface area contributed by atoms with E-state index in [1.807, 2.05) is 32.3 Å². The van der Waals surface area contributed by atoms with Gasteiger partial charge in [0.2, 0.25) is 0 Å². The van der Waals surface area contributed by atoms with Gasteiger partial charge in [0.1, 0.15) is 23.6 Å². The summed E-state index contributed by atoms with van der Waals surface area (Å²) >= 11 is 5.87. The normalized spacial score (nSPS) is 12.0. The molecule has 0 fully saturated rings. The van der Waals surface area contributed by atoms with Crippen molar-refractivity contribution in [2.24, 2.45) is 4.99 Å². The molecule has 0 saturated heterocycles. The van der Waals surface area contributed by atoms with Crippen LogP contribution in [-0.2, 0) is 0 Å². The average molecular weight is 442 g/mol. The summed E-state index contributed by atoms with van der Waals surface area (Å²) in [5, 5.41) is 3.09. The summed E-state index contributed by atoms with van der Waals surface area (Å²) < 4.78 is 25.3. The molecule has 0 bridgehead atoms. The lowest BCUT2D eigenvalue weighted by atomic mass is 10.2. The van der Waals surface area contributed by atoms with E-state index in [2.05, 4.69) is 25.2 Å². The van der Waals surface area contributed by atoms with E-state index in [-0.39, 0.29) is 5.02 Å². The second-order valence-electron chi connectivity index (χ2n) is 7.20. The van der Waals surface area contributed by atoms with E-state index in [4.69, 9.17) is 21.1 Å². The molecular weight excluding hydrogens is 421 g/mol. The number of nitrogens with one attached hydrogen (secondary N) is 1. The van der Waals surface area contributed by atoms with E-state index >= 15 is 0 Å². The number of aromatic nitrogens is 2. The zero-order chi connectivity index (χ0) is 21.8. The van der Waals surface area contributed by atoms with Gasteiger partial charge >= 0.3 is 0 Å². The SMILES string of the molecule is CN(C)CCCOc1ccc2c(c1)Oc1ncnc(Nc3ccc(F)c(Cl)c3)c1N=C2. The van der Waals surface area contributed by atoms with E-state index in [9.17, 15) is 4.39 Å². The molecule has 4 rings (SSSR count). The Labute approximate surface area is 184 Å². The third-order valence-corrected chi connectivity index (χ3v) is 4.80. The largest absolute Gasteiger partial charge is 0.493 e. The molecule has 160 valence electrons. The van der Waals surface area contributed by atoms with Crippen LogP contribution in [0.2, 0.25) is 5.02 Å². The molecule has 0 atom stereocenters. The number of benzene rings is 2. The molecule has 2 aromatic carbocycles. The summed E-state index contributed by atoms with van der Waals surface area (Å²) in [5.74, 6) is 1.51. The molecule has 7 nitrogen and oxygen atoms in total. The lowest BCUT2D eigenvalue weighted by molar-refractivity contribution is 0.280. The van der Waals surface area contributed by atoms with Gasteiger partial charge in [0.25, 0.3) is 5.88 Å². The molecule has 0 saturated carbocycles. The summed E-state index contributed by atoms with van der Waals surface area (Å²) in [6.07, 6.45) is 3.97. The van der Waals surface area contributed by atoms with Crippen LogP contribution in [0.5, 0.6) is 17.4 Å². The lowest BCUT2D eigenvalue weighted by Gasteiger charge is -2.13. The highest BCUT2D eigenvalue weighted by Gasteiger charge is 2.18. The van der Waals surface area contributed by atoms with Crippen LogP contribution in [-0.4, -0.2) is 48.3 Å². The number of halogens is 2. The van der Waals surface area contributed by atoms with E-state index in [0.717, 1.165) is 18.5 Å². The van der Waals surface area contributed by atoms with E-state index in [1.54, 1.807) is 12.3 Å². The standard InChI is InChI=1S/C22H21ClFN5O2/c1-29(2)8-3-9-30-16-6-4-14-12-25-20-21(26-13-27-22(20)31-19(14)11-16)28-15-5-7-18(24)17(23)10-15/h4-7,10-13H,3,8-9H2,1-2H3,(H,26,27,28). The Morgan fingerprint density at radius 1 is 1.16 bits per heavy atom. The summed E-state index contributed by atoms with van der Waals surface area (Å²) in [6, 6.07) is 9.89. The van der Waals surface area contributed by atoms with Crippen molar-refractivity contribution in [1.29, 1.82) is 0 Å². The molecule has 0 spiro atoms. The smallest absolute Gasteiger partial charge is 0.250 e. The highest BCUT2D eigenvalue weighted by Crippen LogP contribution is 2.40. The van der Waals surface area contributed by atoms with Crippen LogP contribution >= 0.6 is 11.6 Å². The molecule has 1 aliphatic heterocycles. The first-order valence-electron chi connectivity index (χ1n) is 9.70. The quantitative estimate of drug-likeness (QED) is 0.397. The zero-order valence-electron chi connectivity index (χ0n) is 17.1. The van der Waals surface area contributed by atoms with Crippen molar-refractivity contribution in [2.45, 2.75) is 6.42 Å². The van der Waals surface area contributed by atoms with Crippen LogP contribution in [0.15, 0.2) is 47.7 Å². The van der Waals surface area contributed by atoms with Gasteiger partial charge in [-0.3, -0.25) is 0 Å². The molecule has 0 radical (unpaired) electrons. The number of hydrogen-bond donors (Lipinski definition) is 1. The Bertz CT molecular complexity index is 1120. The maximum absolute atomic E-state index is 13.4. The first-order chi connectivity index (χ1) is 15.0. The summed E-state index contributed by atoms with van der Waals surface area (Å²) in [5.41, 5.74) is 1.78. The fraction of sp³-hybridized carbons (Fsp3) is 0.227. The number of aliphatic imine (C=N–C) groups is 1. The van der Waals surface area contributed by atoms with Crippen molar-refractivity contribution in [3.05, 3.63) is 59.1 Å². The van der Waals surface area contributed by atoms with Gasteiger partial charge in [0.15, 0.2) is 11.5 Å².